The lowest BCUT2D eigenvalue weighted by Crippen LogP contribution is -2.42. The number of hydrogen-bond donors (Lipinski definition) is 1. The first-order valence-electron chi connectivity index (χ1n) is 7.32. The number of para-hydroxylation sites is 2. The van der Waals surface area contributed by atoms with Crippen LogP contribution in [-0.2, 0) is 0 Å². The molecule has 1 unspecified atom stereocenters. The molecule has 0 fully saturated rings. The maximum absolute atomic E-state index is 6.14. The molecule has 0 radical (unpaired) electrons. The normalized spacial score (nSPS) is 23.2. The van der Waals surface area contributed by atoms with Crippen molar-refractivity contribution >= 4 is 16.9 Å². The third-order valence-corrected chi connectivity index (χ3v) is 4.54. The Kier molecular flexibility index (Phi) is 2.49. The lowest BCUT2D eigenvalue weighted by atomic mass is 9.82. The topological polar surface area (TPSA) is 29.3 Å². The Balaban J connectivity index is 1.98. The fraction of sp³-hybridized carbons (Fsp3) is 0.158. The van der Waals surface area contributed by atoms with Gasteiger partial charge in [-0.25, -0.2) is 0 Å². The highest BCUT2D eigenvalue weighted by Crippen LogP contribution is 2.54. The Hall–Kier alpha value is -2.48. The molecule has 2 nitrogen and oxygen atoms in total. The minimum atomic E-state index is -0.107. The molecule has 2 aromatic rings. The van der Waals surface area contributed by atoms with Crippen molar-refractivity contribution in [3.63, 3.8) is 0 Å². The molecule has 0 aromatic heterocycles. The SMILES string of the molecule is CC12CC(N)=CC=C1c1ccccc1N2c1ccccc1. The smallest absolute Gasteiger partial charge is 0.0735 e. The van der Waals surface area contributed by atoms with Gasteiger partial charge >= 0.3 is 0 Å². The standard InChI is InChI=1S/C19H18N2/c1-19-13-14(20)11-12-17(19)16-9-5-6-10-18(16)21(19)15-7-3-2-4-8-15/h2-12H,13,20H2,1H3. The maximum atomic E-state index is 6.14. The van der Waals surface area contributed by atoms with Crippen molar-refractivity contribution < 1.29 is 0 Å². The molecule has 0 bridgehead atoms. The lowest BCUT2D eigenvalue weighted by molar-refractivity contribution is 0.586. The molecular weight excluding hydrogens is 256 g/mol. The first-order valence-corrected chi connectivity index (χ1v) is 7.32. The van der Waals surface area contributed by atoms with Gasteiger partial charge in [0.15, 0.2) is 0 Å². The van der Waals surface area contributed by atoms with E-state index >= 15 is 0 Å². The molecule has 1 aliphatic carbocycles. The van der Waals surface area contributed by atoms with Crippen molar-refractivity contribution in [3.05, 3.63) is 78.0 Å². The molecule has 1 atom stereocenters. The number of hydrogen-bond acceptors (Lipinski definition) is 2. The number of fused-ring (bicyclic) bond motifs is 3. The first kappa shape index (κ1) is 12.3. The van der Waals surface area contributed by atoms with Crippen molar-refractivity contribution in [3.8, 4) is 0 Å². The van der Waals surface area contributed by atoms with Gasteiger partial charge in [0.05, 0.1) is 5.54 Å². The molecule has 0 saturated carbocycles. The van der Waals surface area contributed by atoms with Crippen LogP contribution in [0.3, 0.4) is 0 Å². The number of rotatable bonds is 1. The molecule has 0 spiro atoms. The Bertz CT molecular complexity index is 758. The van der Waals surface area contributed by atoms with Crippen LogP contribution in [0.5, 0.6) is 0 Å². The fourth-order valence-electron chi connectivity index (χ4n) is 3.66. The van der Waals surface area contributed by atoms with Gasteiger partial charge in [-0.2, -0.15) is 0 Å². The van der Waals surface area contributed by atoms with E-state index in [1.54, 1.807) is 0 Å². The van der Waals surface area contributed by atoms with E-state index in [4.69, 9.17) is 5.73 Å². The minimum Gasteiger partial charge on any atom is -0.402 e. The summed E-state index contributed by atoms with van der Waals surface area (Å²) in [4.78, 5) is 2.42. The Morgan fingerprint density at radius 1 is 0.952 bits per heavy atom. The summed E-state index contributed by atoms with van der Waals surface area (Å²) in [6, 6.07) is 19.2. The summed E-state index contributed by atoms with van der Waals surface area (Å²) >= 11 is 0. The van der Waals surface area contributed by atoms with Crippen LogP contribution in [0.15, 0.2) is 72.4 Å². The van der Waals surface area contributed by atoms with Crippen LogP contribution in [0.4, 0.5) is 11.4 Å². The summed E-state index contributed by atoms with van der Waals surface area (Å²) in [6.07, 6.45) is 5.07. The van der Waals surface area contributed by atoms with Gasteiger partial charge in [-0.1, -0.05) is 42.5 Å². The highest BCUT2D eigenvalue weighted by Gasteiger charge is 2.45. The van der Waals surface area contributed by atoms with E-state index in [-0.39, 0.29) is 5.54 Å². The van der Waals surface area contributed by atoms with Gasteiger partial charge in [-0.15, -0.1) is 0 Å². The monoisotopic (exact) mass is 274 g/mol. The maximum Gasteiger partial charge on any atom is 0.0735 e. The predicted molar refractivity (Wildman–Crippen MR) is 88.3 cm³/mol. The van der Waals surface area contributed by atoms with Crippen molar-refractivity contribution in [2.24, 2.45) is 5.73 Å². The van der Waals surface area contributed by atoms with Crippen molar-refractivity contribution in [1.29, 1.82) is 0 Å². The highest BCUT2D eigenvalue weighted by atomic mass is 15.2. The van der Waals surface area contributed by atoms with E-state index in [0.29, 0.717) is 0 Å². The van der Waals surface area contributed by atoms with Crippen LogP contribution < -0.4 is 10.6 Å². The second-order valence-corrected chi connectivity index (χ2v) is 5.96. The van der Waals surface area contributed by atoms with Crippen LogP contribution in [-0.4, -0.2) is 5.54 Å². The number of anilines is 2. The molecular formula is C19H18N2. The number of allylic oxidation sites excluding steroid dienone is 2. The average Bonchev–Trinajstić information content (AvgIpc) is 2.75. The Morgan fingerprint density at radius 2 is 1.67 bits per heavy atom. The molecule has 104 valence electrons. The zero-order chi connectivity index (χ0) is 14.4. The average molecular weight is 274 g/mol. The number of benzene rings is 2. The molecule has 2 aromatic carbocycles. The molecule has 4 rings (SSSR count). The van der Waals surface area contributed by atoms with Crippen molar-refractivity contribution in [2.45, 2.75) is 18.9 Å². The van der Waals surface area contributed by atoms with Crippen LogP contribution in [0.25, 0.3) is 5.57 Å². The van der Waals surface area contributed by atoms with E-state index in [9.17, 15) is 0 Å². The van der Waals surface area contributed by atoms with Crippen molar-refractivity contribution in [2.75, 3.05) is 4.90 Å². The third-order valence-electron chi connectivity index (χ3n) is 4.54. The lowest BCUT2D eigenvalue weighted by Gasteiger charge is -2.40. The molecule has 2 aliphatic rings. The fourth-order valence-corrected chi connectivity index (χ4v) is 3.66. The van der Waals surface area contributed by atoms with Gasteiger partial charge in [0.2, 0.25) is 0 Å². The summed E-state index contributed by atoms with van der Waals surface area (Å²) in [5.74, 6) is 0. The van der Waals surface area contributed by atoms with Crippen LogP contribution >= 0.6 is 0 Å². The Morgan fingerprint density at radius 3 is 2.48 bits per heavy atom. The van der Waals surface area contributed by atoms with E-state index < -0.39 is 0 Å². The molecule has 2 N–H and O–H groups in total. The largest absolute Gasteiger partial charge is 0.402 e. The molecule has 0 saturated heterocycles. The third kappa shape index (κ3) is 1.65. The van der Waals surface area contributed by atoms with Gasteiger partial charge in [0.25, 0.3) is 0 Å². The molecule has 1 aliphatic heterocycles. The zero-order valence-electron chi connectivity index (χ0n) is 12.1. The predicted octanol–water partition coefficient (Wildman–Crippen LogP) is 4.23. The van der Waals surface area contributed by atoms with E-state index in [1.165, 1.54) is 22.5 Å². The van der Waals surface area contributed by atoms with Gasteiger partial charge in [0, 0.05) is 29.1 Å². The van der Waals surface area contributed by atoms with Gasteiger partial charge in [-0.05, 0) is 36.8 Å². The second kappa shape index (κ2) is 4.26. The van der Waals surface area contributed by atoms with Gasteiger partial charge < -0.3 is 10.6 Å². The van der Waals surface area contributed by atoms with Gasteiger partial charge in [0.1, 0.15) is 0 Å². The van der Waals surface area contributed by atoms with Crippen molar-refractivity contribution in [1.82, 2.24) is 0 Å². The van der Waals surface area contributed by atoms with Crippen LogP contribution in [0.2, 0.25) is 0 Å². The second-order valence-electron chi connectivity index (χ2n) is 5.96. The first-order chi connectivity index (χ1) is 10.2. The molecule has 2 heteroatoms. The number of nitrogens with two attached hydrogens (primary N) is 1. The van der Waals surface area contributed by atoms with E-state index in [1.807, 2.05) is 6.08 Å². The van der Waals surface area contributed by atoms with Crippen LogP contribution in [0, 0.1) is 0 Å². The number of nitrogens with zero attached hydrogens (tertiary/aromatic N) is 1. The summed E-state index contributed by atoms with van der Waals surface area (Å²) in [5.41, 5.74) is 12.1. The van der Waals surface area contributed by atoms with E-state index in [0.717, 1.165) is 12.1 Å². The summed E-state index contributed by atoms with van der Waals surface area (Å²) in [5, 5.41) is 0. The van der Waals surface area contributed by atoms with E-state index in [2.05, 4.69) is 72.5 Å². The molecule has 21 heavy (non-hydrogen) atoms. The molecule has 1 heterocycles. The van der Waals surface area contributed by atoms with Crippen LogP contribution in [0.1, 0.15) is 18.9 Å². The quantitative estimate of drug-likeness (QED) is 0.843. The highest BCUT2D eigenvalue weighted by molar-refractivity contribution is 5.96. The summed E-state index contributed by atoms with van der Waals surface area (Å²) < 4.78 is 0. The minimum absolute atomic E-state index is 0.107. The van der Waals surface area contributed by atoms with Gasteiger partial charge in [-0.3, -0.25) is 0 Å². The summed E-state index contributed by atoms with van der Waals surface area (Å²) in [6.45, 7) is 2.28. The summed E-state index contributed by atoms with van der Waals surface area (Å²) in [7, 11) is 0. The zero-order valence-corrected chi connectivity index (χ0v) is 12.1. The molecule has 0 amide bonds. The Labute approximate surface area is 125 Å².